The molecule has 0 fully saturated rings. The number of nitrogens with one attached hydrogen (secondary N) is 2. The predicted molar refractivity (Wildman–Crippen MR) is 141 cm³/mol. The lowest BCUT2D eigenvalue weighted by molar-refractivity contribution is -0.119. The maximum absolute atomic E-state index is 12.5. The molecule has 0 heterocycles. The number of hydrogen-bond acceptors (Lipinski definition) is 6. The van der Waals surface area contributed by atoms with Crippen molar-refractivity contribution in [2.24, 2.45) is 5.16 Å². The van der Waals surface area contributed by atoms with Gasteiger partial charge in [-0.2, -0.15) is 0 Å². The van der Waals surface area contributed by atoms with Gasteiger partial charge in [-0.3, -0.25) is 9.59 Å². The summed E-state index contributed by atoms with van der Waals surface area (Å²) >= 11 is 10.5. The number of methoxy groups -OCH3 is 1. The minimum atomic E-state index is -0.438. The van der Waals surface area contributed by atoms with Gasteiger partial charge in [-0.05, 0) is 96.0 Å². The van der Waals surface area contributed by atoms with E-state index in [0.717, 1.165) is 24.5 Å². The number of carbonyl (C=O) groups is 2. The van der Waals surface area contributed by atoms with E-state index in [0.29, 0.717) is 44.0 Å². The van der Waals surface area contributed by atoms with Crippen LogP contribution in [0.2, 0.25) is 0 Å². The van der Waals surface area contributed by atoms with Crippen molar-refractivity contribution in [2.45, 2.75) is 26.2 Å². The van der Waals surface area contributed by atoms with Gasteiger partial charge >= 0.3 is 0 Å². The summed E-state index contributed by atoms with van der Waals surface area (Å²) < 4.78 is 13.3. The largest absolute Gasteiger partial charge is 0.496 e. The molecule has 0 aliphatic heterocycles. The fourth-order valence-corrected chi connectivity index (χ4v) is 5.10. The number of halogens is 3. The molecule has 8 nitrogen and oxygen atoms in total. The average molecular weight is 664 g/mol. The highest BCUT2D eigenvalue weighted by atomic mass is 79.9. The molecule has 0 saturated carbocycles. The van der Waals surface area contributed by atoms with Crippen molar-refractivity contribution < 1.29 is 24.3 Å². The van der Waals surface area contributed by atoms with Gasteiger partial charge in [-0.15, -0.1) is 0 Å². The number of hydrogen-bond donors (Lipinski definition) is 3. The molecule has 0 aromatic heterocycles. The van der Waals surface area contributed by atoms with E-state index in [1.165, 1.54) is 6.92 Å². The Bertz CT molecular complexity index is 1020. The van der Waals surface area contributed by atoms with Gasteiger partial charge in [0.1, 0.15) is 17.2 Å². The van der Waals surface area contributed by atoms with E-state index >= 15 is 0 Å². The van der Waals surface area contributed by atoms with E-state index in [9.17, 15) is 14.8 Å². The molecule has 0 aliphatic carbocycles. The van der Waals surface area contributed by atoms with Crippen molar-refractivity contribution in [1.82, 2.24) is 10.6 Å². The summed E-state index contributed by atoms with van der Waals surface area (Å²) in [6.45, 7) is 2.85. The van der Waals surface area contributed by atoms with Crippen LogP contribution >= 0.6 is 47.8 Å². The van der Waals surface area contributed by atoms with Gasteiger partial charge in [0.15, 0.2) is 0 Å². The molecule has 0 aliphatic rings. The summed E-state index contributed by atoms with van der Waals surface area (Å²) in [5.74, 6) is 0.849. The maximum Gasteiger partial charge on any atom is 0.269 e. The van der Waals surface area contributed by atoms with E-state index in [1.807, 2.05) is 18.2 Å². The Morgan fingerprint density at radius 1 is 1.00 bits per heavy atom. The molecule has 0 saturated heterocycles. The van der Waals surface area contributed by atoms with Crippen molar-refractivity contribution >= 4 is 65.3 Å². The SMILES string of the molecule is COc1ccc(C/C(=N\O)C(=O)NCCc2cc(Br)c(OCCCNC(C)=O)c(Br)c2)cc1Br. The van der Waals surface area contributed by atoms with Crippen molar-refractivity contribution in [3.63, 3.8) is 0 Å². The van der Waals surface area contributed by atoms with Gasteiger partial charge in [0.05, 0.1) is 27.1 Å². The van der Waals surface area contributed by atoms with Gasteiger partial charge in [-0.25, -0.2) is 0 Å². The van der Waals surface area contributed by atoms with Crippen LogP contribution in [-0.2, 0) is 22.4 Å². The van der Waals surface area contributed by atoms with Crippen LogP contribution in [0, 0.1) is 0 Å². The molecule has 0 radical (unpaired) electrons. The smallest absolute Gasteiger partial charge is 0.269 e. The van der Waals surface area contributed by atoms with Gasteiger partial charge in [0.25, 0.3) is 5.91 Å². The molecule has 0 bridgehead atoms. The second kappa shape index (κ2) is 14.3. The lowest BCUT2D eigenvalue weighted by Crippen LogP contribution is -2.33. The van der Waals surface area contributed by atoms with Gasteiger partial charge in [0, 0.05) is 26.4 Å². The molecule has 11 heteroatoms. The second-order valence-electron chi connectivity index (χ2n) is 7.27. The van der Waals surface area contributed by atoms with E-state index in [-0.39, 0.29) is 18.0 Å². The number of carbonyl (C=O) groups excluding carboxylic acids is 2. The van der Waals surface area contributed by atoms with E-state index in [2.05, 4.69) is 63.6 Å². The van der Waals surface area contributed by atoms with E-state index < -0.39 is 5.91 Å². The summed E-state index contributed by atoms with van der Waals surface area (Å²) in [5, 5.41) is 18.0. The molecular weight excluding hydrogens is 638 g/mol. The summed E-state index contributed by atoms with van der Waals surface area (Å²) in [6, 6.07) is 9.25. The van der Waals surface area contributed by atoms with Crippen LogP contribution in [0.1, 0.15) is 24.5 Å². The lowest BCUT2D eigenvalue weighted by Gasteiger charge is -2.13. The predicted octanol–water partition coefficient (Wildman–Crippen LogP) is 4.62. The Hall–Kier alpha value is -2.11. The third-order valence-corrected chi connectivity index (χ3v) is 6.47. The number of nitrogens with zero attached hydrogens (tertiary/aromatic N) is 1. The quantitative estimate of drug-likeness (QED) is 0.133. The van der Waals surface area contributed by atoms with E-state index in [4.69, 9.17) is 9.47 Å². The minimum Gasteiger partial charge on any atom is -0.496 e. The summed E-state index contributed by atoms with van der Waals surface area (Å²) in [4.78, 5) is 23.4. The van der Waals surface area contributed by atoms with Crippen molar-refractivity contribution in [3.8, 4) is 11.5 Å². The lowest BCUT2D eigenvalue weighted by atomic mass is 10.1. The number of ether oxygens (including phenoxy) is 2. The zero-order valence-electron chi connectivity index (χ0n) is 18.8. The molecule has 0 unspecified atom stereocenters. The van der Waals surface area contributed by atoms with Crippen LogP contribution in [0.25, 0.3) is 0 Å². The number of rotatable bonds is 12. The molecular formula is C23H26Br3N3O5. The standard InChI is InChI=1S/C23H26Br3N3O5/c1-14(30)27-7-3-9-34-22-18(25)11-16(12-19(22)26)6-8-28-23(31)20(29-32)13-15-4-5-21(33-2)17(24)10-15/h4-5,10-12,32H,3,6-9,13H2,1-2H3,(H,27,30)(H,28,31)/b29-20+. The summed E-state index contributed by atoms with van der Waals surface area (Å²) in [7, 11) is 1.57. The molecule has 2 rings (SSSR count). The first-order chi connectivity index (χ1) is 16.2. The fraction of sp³-hybridized carbons (Fsp3) is 0.348. The molecule has 184 valence electrons. The monoisotopic (exact) mass is 661 g/mol. The summed E-state index contributed by atoms with van der Waals surface area (Å²) in [6.07, 6.45) is 1.43. The number of amides is 2. The minimum absolute atomic E-state index is 0.0161. The highest BCUT2D eigenvalue weighted by molar-refractivity contribution is 9.11. The van der Waals surface area contributed by atoms with E-state index in [1.54, 1.807) is 19.2 Å². The van der Waals surface area contributed by atoms with Crippen molar-refractivity contribution in [1.29, 1.82) is 0 Å². The molecule has 2 aromatic rings. The molecule has 0 spiro atoms. The van der Waals surface area contributed by atoms with Crippen molar-refractivity contribution in [2.75, 3.05) is 26.8 Å². The van der Waals surface area contributed by atoms with Crippen LogP contribution in [0.3, 0.4) is 0 Å². The first-order valence-electron chi connectivity index (χ1n) is 10.4. The highest BCUT2D eigenvalue weighted by Gasteiger charge is 2.15. The number of benzene rings is 2. The third kappa shape index (κ3) is 8.92. The van der Waals surface area contributed by atoms with Crippen LogP contribution in [0.15, 0.2) is 48.9 Å². The molecule has 0 atom stereocenters. The molecule has 3 N–H and O–H groups in total. The Kier molecular flexibility index (Phi) is 11.9. The first kappa shape index (κ1) is 28.1. The molecule has 2 amide bonds. The van der Waals surface area contributed by atoms with Crippen molar-refractivity contribution in [3.05, 3.63) is 54.9 Å². The maximum atomic E-state index is 12.5. The van der Waals surface area contributed by atoms with Gasteiger partial charge in [-0.1, -0.05) is 11.2 Å². The number of oxime groups is 1. The Balaban J connectivity index is 1.87. The van der Waals surface area contributed by atoms with Crippen LogP contribution in [0.4, 0.5) is 0 Å². The van der Waals surface area contributed by atoms with Crippen LogP contribution < -0.4 is 20.1 Å². The third-order valence-electron chi connectivity index (χ3n) is 4.67. The Labute approximate surface area is 223 Å². The van der Waals surface area contributed by atoms with Crippen LogP contribution in [0.5, 0.6) is 11.5 Å². The summed E-state index contributed by atoms with van der Waals surface area (Å²) in [5.41, 5.74) is 1.80. The Morgan fingerprint density at radius 2 is 1.68 bits per heavy atom. The molecule has 2 aromatic carbocycles. The zero-order chi connectivity index (χ0) is 25.1. The Morgan fingerprint density at radius 3 is 2.26 bits per heavy atom. The van der Waals surface area contributed by atoms with Crippen LogP contribution in [-0.4, -0.2) is 49.5 Å². The van der Waals surface area contributed by atoms with Gasteiger partial charge < -0.3 is 25.3 Å². The highest BCUT2D eigenvalue weighted by Crippen LogP contribution is 2.35. The first-order valence-corrected chi connectivity index (χ1v) is 12.8. The normalized spacial score (nSPS) is 11.1. The average Bonchev–Trinajstić information content (AvgIpc) is 2.78. The fourth-order valence-electron chi connectivity index (χ4n) is 3.00. The van der Waals surface area contributed by atoms with Gasteiger partial charge in [0.2, 0.25) is 5.91 Å². The molecule has 34 heavy (non-hydrogen) atoms. The second-order valence-corrected chi connectivity index (χ2v) is 9.83. The zero-order valence-corrected chi connectivity index (χ0v) is 23.5. The topological polar surface area (TPSA) is 109 Å².